The van der Waals surface area contributed by atoms with Gasteiger partial charge in [-0.25, -0.2) is 9.97 Å². The highest BCUT2D eigenvalue weighted by atomic mass is 16.1. The van der Waals surface area contributed by atoms with Gasteiger partial charge in [0.25, 0.3) is 5.91 Å². The van der Waals surface area contributed by atoms with Crippen LogP contribution >= 0.6 is 0 Å². The quantitative estimate of drug-likeness (QED) is 0.643. The second kappa shape index (κ2) is 7.74. The van der Waals surface area contributed by atoms with Crippen molar-refractivity contribution >= 4 is 23.0 Å². The minimum absolute atomic E-state index is 0.142. The maximum Gasteiger partial charge on any atom is 0.252 e. The number of aromatic nitrogens is 4. The van der Waals surface area contributed by atoms with Crippen molar-refractivity contribution in [1.82, 2.24) is 24.8 Å². The lowest BCUT2D eigenvalue weighted by Gasteiger charge is -2.05. The van der Waals surface area contributed by atoms with Crippen LogP contribution in [0.3, 0.4) is 0 Å². The van der Waals surface area contributed by atoms with Gasteiger partial charge in [-0.15, -0.1) is 0 Å². The molecule has 3 N–H and O–H groups in total. The summed E-state index contributed by atoms with van der Waals surface area (Å²) in [6.07, 6.45) is 6.16. The summed E-state index contributed by atoms with van der Waals surface area (Å²) in [5.41, 5.74) is 8.77. The van der Waals surface area contributed by atoms with Crippen molar-refractivity contribution in [2.45, 2.75) is 32.7 Å². The lowest BCUT2D eigenvalue weighted by Crippen LogP contribution is -2.24. The molecule has 0 aliphatic heterocycles. The smallest absolute Gasteiger partial charge is 0.252 e. The Morgan fingerprint density at radius 3 is 2.92 bits per heavy atom. The summed E-state index contributed by atoms with van der Waals surface area (Å²) >= 11 is 0. The predicted molar refractivity (Wildman–Crippen MR) is 97.1 cm³/mol. The van der Waals surface area contributed by atoms with Crippen LogP contribution in [0, 0.1) is 0 Å². The number of anilines is 1. The summed E-state index contributed by atoms with van der Waals surface area (Å²) in [7, 11) is 0. The molecule has 3 aromatic rings. The molecule has 0 spiro atoms. The maximum absolute atomic E-state index is 12.3. The summed E-state index contributed by atoms with van der Waals surface area (Å²) in [6, 6.07) is 7.64. The third-order valence-electron chi connectivity index (χ3n) is 4.06. The number of nitrogens with two attached hydrogens (primary N) is 1. The van der Waals surface area contributed by atoms with Crippen molar-refractivity contribution in [3.8, 4) is 0 Å². The van der Waals surface area contributed by atoms with Gasteiger partial charge >= 0.3 is 0 Å². The van der Waals surface area contributed by atoms with Gasteiger partial charge in [-0.2, -0.15) is 0 Å². The molecule has 1 amide bonds. The second-order valence-corrected chi connectivity index (χ2v) is 5.82. The Morgan fingerprint density at radius 2 is 2.16 bits per heavy atom. The van der Waals surface area contributed by atoms with Crippen molar-refractivity contribution in [2.75, 3.05) is 12.3 Å². The molecule has 0 atom stereocenters. The van der Waals surface area contributed by atoms with Gasteiger partial charge in [0.2, 0.25) is 5.95 Å². The normalized spacial score (nSPS) is 10.9. The highest BCUT2D eigenvalue weighted by Gasteiger charge is 2.12. The Balaban J connectivity index is 1.52. The lowest BCUT2D eigenvalue weighted by atomic mass is 10.2. The molecule has 0 fully saturated rings. The first kappa shape index (κ1) is 16.9. The number of nitrogens with zero attached hydrogens (tertiary/aromatic N) is 4. The SMILES string of the molecule is CCn1c(N)nc2cc(C(=O)NCCCCc3ccccn3)cnc21. The number of nitrogen functional groups attached to an aromatic ring is 1. The molecule has 0 saturated carbocycles. The average Bonchev–Trinajstić information content (AvgIpc) is 2.96. The third-order valence-corrected chi connectivity index (χ3v) is 4.06. The van der Waals surface area contributed by atoms with E-state index in [-0.39, 0.29) is 5.91 Å². The van der Waals surface area contributed by atoms with Crippen LogP contribution in [-0.2, 0) is 13.0 Å². The summed E-state index contributed by atoms with van der Waals surface area (Å²) in [5, 5.41) is 2.92. The van der Waals surface area contributed by atoms with Gasteiger partial charge in [-0.1, -0.05) is 6.07 Å². The van der Waals surface area contributed by atoms with Gasteiger partial charge in [-0.05, 0) is 44.4 Å². The number of nitrogens with one attached hydrogen (secondary N) is 1. The van der Waals surface area contributed by atoms with E-state index in [0.717, 1.165) is 25.0 Å². The van der Waals surface area contributed by atoms with Crippen LogP contribution < -0.4 is 11.1 Å². The molecule has 7 nitrogen and oxygen atoms in total. The first-order valence-corrected chi connectivity index (χ1v) is 8.49. The Bertz CT molecular complexity index is 859. The standard InChI is InChI=1S/C18H22N6O/c1-2-24-16-15(23-18(24)19)11-13(12-22-16)17(25)21-10-6-4-8-14-7-3-5-9-20-14/h3,5,7,9,11-12H,2,4,6,8,10H2,1H3,(H2,19,23)(H,21,25). The van der Waals surface area contributed by atoms with E-state index in [4.69, 9.17) is 5.73 Å². The van der Waals surface area contributed by atoms with Crippen LogP contribution in [0.5, 0.6) is 0 Å². The Kier molecular flexibility index (Phi) is 5.23. The van der Waals surface area contributed by atoms with Gasteiger partial charge in [0.05, 0.1) is 5.56 Å². The van der Waals surface area contributed by atoms with E-state index in [1.54, 1.807) is 18.5 Å². The number of carbonyl (C=O) groups excluding carboxylic acids is 1. The highest BCUT2D eigenvalue weighted by Crippen LogP contribution is 2.16. The van der Waals surface area contributed by atoms with E-state index in [0.29, 0.717) is 35.8 Å². The molecule has 3 heterocycles. The Hall–Kier alpha value is -2.96. The second-order valence-electron chi connectivity index (χ2n) is 5.82. The third kappa shape index (κ3) is 3.93. The van der Waals surface area contributed by atoms with Crippen molar-refractivity contribution in [1.29, 1.82) is 0 Å². The van der Waals surface area contributed by atoms with Gasteiger partial charge in [0.1, 0.15) is 5.52 Å². The molecule has 0 bridgehead atoms. The van der Waals surface area contributed by atoms with Gasteiger partial charge in [-0.3, -0.25) is 14.3 Å². The number of imidazole rings is 1. The largest absolute Gasteiger partial charge is 0.369 e. The van der Waals surface area contributed by atoms with E-state index in [9.17, 15) is 4.79 Å². The van der Waals surface area contributed by atoms with Crippen LogP contribution in [0.25, 0.3) is 11.2 Å². The molecule has 0 radical (unpaired) electrons. The van der Waals surface area contributed by atoms with E-state index in [1.165, 1.54) is 0 Å². The number of aryl methyl sites for hydroxylation is 2. The molecule has 0 aliphatic rings. The summed E-state index contributed by atoms with van der Waals surface area (Å²) in [6.45, 7) is 3.29. The minimum atomic E-state index is -0.142. The molecular weight excluding hydrogens is 316 g/mol. The minimum Gasteiger partial charge on any atom is -0.369 e. The fourth-order valence-electron chi connectivity index (χ4n) is 2.75. The maximum atomic E-state index is 12.3. The van der Waals surface area contributed by atoms with Crippen LogP contribution in [0.1, 0.15) is 35.8 Å². The Labute approximate surface area is 146 Å². The van der Waals surface area contributed by atoms with Crippen molar-refractivity contribution in [2.24, 2.45) is 0 Å². The molecule has 130 valence electrons. The van der Waals surface area contributed by atoms with E-state index < -0.39 is 0 Å². The number of amides is 1. The van der Waals surface area contributed by atoms with Crippen LogP contribution in [0.15, 0.2) is 36.7 Å². The number of rotatable bonds is 7. The van der Waals surface area contributed by atoms with Crippen molar-refractivity contribution < 1.29 is 4.79 Å². The summed E-state index contributed by atoms with van der Waals surface area (Å²) in [5.74, 6) is 0.272. The van der Waals surface area contributed by atoms with Gasteiger partial charge in [0.15, 0.2) is 5.65 Å². The van der Waals surface area contributed by atoms with Crippen LogP contribution in [-0.4, -0.2) is 32.0 Å². The lowest BCUT2D eigenvalue weighted by molar-refractivity contribution is 0.0953. The summed E-state index contributed by atoms with van der Waals surface area (Å²) < 4.78 is 1.81. The van der Waals surface area contributed by atoms with Gasteiger partial charge < -0.3 is 11.1 Å². The first-order chi connectivity index (χ1) is 12.2. The topological polar surface area (TPSA) is 98.7 Å². The molecule has 7 heteroatoms. The zero-order valence-corrected chi connectivity index (χ0v) is 14.3. The fourth-order valence-corrected chi connectivity index (χ4v) is 2.75. The van der Waals surface area contributed by atoms with E-state index >= 15 is 0 Å². The monoisotopic (exact) mass is 338 g/mol. The number of carbonyl (C=O) groups is 1. The molecule has 0 saturated heterocycles. The van der Waals surface area contributed by atoms with Crippen molar-refractivity contribution in [3.63, 3.8) is 0 Å². The zero-order chi connectivity index (χ0) is 17.6. The molecule has 25 heavy (non-hydrogen) atoms. The van der Waals surface area contributed by atoms with Gasteiger partial charge in [0, 0.05) is 31.2 Å². The predicted octanol–water partition coefficient (Wildman–Crippen LogP) is 2.18. The molecule has 3 aromatic heterocycles. The van der Waals surface area contributed by atoms with Crippen LogP contribution in [0.4, 0.5) is 5.95 Å². The number of hydrogen-bond acceptors (Lipinski definition) is 5. The molecule has 0 aromatic carbocycles. The van der Waals surface area contributed by atoms with E-state index in [1.807, 2.05) is 29.7 Å². The number of pyridine rings is 2. The molecule has 3 rings (SSSR count). The fraction of sp³-hybridized carbons (Fsp3) is 0.333. The summed E-state index contributed by atoms with van der Waals surface area (Å²) in [4.78, 5) is 25.1. The first-order valence-electron chi connectivity index (χ1n) is 8.49. The number of hydrogen-bond donors (Lipinski definition) is 2. The van der Waals surface area contributed by atoms with E-state index in [2.05, 4.69) is 20.3 Å². The molecular formula is C18H22N6O. The average molecular weight is 338 g/mol. The van der Waals surface area contributed by atoms with Crippen LogP contribution in [0.2, 0.25) is 0 Å². The molecule has 0 unspecified atom stereocenters. The number of fused-ring (bicyclic) bond motifs is 1. The van der Waals surface area contributed by atoms with Crippen molar-refractivity contribution in [3.05, 3.63) is 47.9 Å². The Morgan fingerprint density at radius 1 is 1.28 bits per heavy atom. The number of unbranched alkanes of at least 4 members (excludes halogenated alkanes) is 1. The zero-order valence-electron chi connectivity index (χ0n) is 14.3. The molecule has 0 aliphatic carbocycles. The highest BCUT2D eigenvalue weighted by molar-refractivity contribution is 5.96.